The van der Waals surface area contributed by atoms with Gasteiger partial charge in [0.25, 0.3) is 12.1 Å². The summed E-state index contributed by atoms with van der Waals surface area (Å²) in [5.74, 6) is -0.686. The second kappa shape index (κ2) is 4.13. The van der Waals surface area contributed by atoms with Gasteiger partial charge in [0.1, 0.15) is 11.4 Å². The van der Waals surface area contributed by atoms with Crippen molar-refractivity contribution >= 4 is 5.69 Å². The molecule has 0 saturated heterocycles. The first-order chi connectivity index (χ1) is 6.97. The third-order valence-electron chi connectivity index (χ3n) is 1.64. The Balaban J connectivity index is 3.38. The highest BCUT2D eigenvalue weighted by Gasteiger charge is 2.26. The van der Waals surface area contributed by atoms with Gasteiger partial charge in [-0.25, -0.2) is 13.8 Å². The van der Waals surface area contributed by atoms with Crippen LogP contribution in [0.2, 0.25) is 0 Å². The van der Waals surface area contributed by atoms with Gasteiger partial charge in [-0.15, -0.1) is 0 Å². The van der Waals surface area contributed by atoms with Crippen LogP contribution in [0.25, 0.3) is 0 Å². The molecule has 15 heavy (non-hydrogen) atoms. The lowest BCUT2D eigenvalue weighted by Gasteiger charge is -2.04. The number of hydrogen-bond donors (Lipinski definition) is 2. The van der Waals surface area contributed by atoms with Crippen molar-refractivity contribution < 1.29 is 23.9 Å². The van der Waals surface area contributed by atoms with E-state index in [-0.39, 0.29) is 0 Å². The van der Waals surface area contributed by atoms with Crippen molar-refractivity contribution in [2.24, 2.45) is 0 Å². The fourth-order valence-corrected chi connectivity index (χ4v) is 0.970. The van der Waals surface area contributed by atoms with Crippen molar-refractivity contribution in [3.8, 4) is 5.75 Å². The van der Waals surface area contributed by atoms with Crippen LogP contribution in [-0.4, -0.2) is 20.1 Å². The maximum atomic E-state index is 12.3. The molecule has 0 spiro atoms. The molecule has 0 aromatic carbocycles. The first-order valence-corrected chi connectivity index (χ1v) is 3.73. The molecule has 0 saturated carbocycles. The minimum Gasteiger partial charge on any atom is -0.506 e. The average Bonchev–Trinajstić information content (AvgIpc) is 2.16. The molecule has 0 aliphatic rings. The first kappa shape index (κ1) is 11.2. The minimum absolute atomic E-state index is 0.420. The number of nitro groups is 1. The van der Waals surface area contributed by atoms with Crippen LogP contribution < -0.4 is 0 Å². The van der Waals surface area contributed by atoms with E-state index in [1.54, 1.807) is 0 Å². The average molecular weight is 220 g/mol. The number of alkyl halides is 2. The van der Waals surface area contributed by atoms with Crippen molar-refractivity contribution in [3.05, 3.63) is 27.6 Å². The van der Waals surface area contributed by atoms with E-state index in [0.717, 1.165) is 0 Å². The van der Waals surface area contributed by atoms with Crippen molar-refractivity contribution in [2.45, 2.75) is 13.0 Å². The summed E-state index contributed by atoms with van der Waals surface area (Å²) < 4.78 is 24.6. The summed E-state index contributed by atoms with van der Waals surface area (Å²) in [4.78, 5) is 12.4. The summed E-state index contributed by atoms with van der Waals surface area (Å²) in [6.07, 6.45) is -3.14. The zero-order chi connectivity index (χ0) is 11.6. The molecule has 0 fully saturated rings. The molecule has 82 valence electrons. The quantitative estimate of drug-likeness (QED) is 0.587. The smallest absolute Gasteiger partial charge is 0.300 e. The molecule has 0 unspecified atom stereocenters. The van der Waals surface area contributed by atoms with Gasteiger partial charge in [0.05, 0.1) is 17.6 Å². The Morgan fingerprint density at radius 3 is 2.60 bits per heavy atom. The Kier molecular flexibility index (Phi) is 3.10. The molecule has 1 rings (SSSR count). The Morgan fingerprint density at radius 1 is 1.60 bits per heavy atom. The number of aromatic nitrogens is 1. The molecule has 0 aliphatic heterocycles. The van der Waals surface area contributed by atoms with E-state index in [1.807, 2.05) is 0 Å². The summed E-state index contributed by atoms with van der Waals surface area (Å²) in [6.45, 7) is -0.774. The third-order valence-corrected chi connectivity index (χ3v) is 1.64. The van der Waals surface area contributed by atoms with Gasteiger partial charge in [0.2, 0.25) is 0 Å². The molecular weight excluding hydrogens is 214 g/mol. The Hall–Kier alpha value is -1.83. The third kappa shape index (κ3) is 2.15. The number of hydrogen-bond acceptors (Lipinski definition) is 5. The van der Waals surface area contributed by atoms with Crippen LogP contribution >= 0.6 is 0 Å². The topological polar surface area (TPSA) is 96.5 Å². The van der Waals surface area contributed by atoms with Gasteiger partial charge in [-0.2, -0.15) is 0 Å². The maximum absolute atomic E-state index is 12.3. The van der Waals surface area contributed by atoms with Gasteiger partial charge in [-0.1, -0.05) is 0 Å². The molecular formula is C7H6F2N2O4. The molecule has 1 aromatic rings. The molecule has 1 heterocycles. The van der Waals surface area contributed by atoms with E-state index in [0.29, 0.717) is 6.07 Å². The summed E-state index contributed by atoms with van der Waals surface area (Å²) in [5, 5.41) is 28.0. The second-order valence-electron chi connectivity index (χ2n) is 2.57. The number of nitrogens with zero attached hydrogens (tertiary/aromatic N) is 2. The Labute approximate surface area is 82.0 Å². The van der Waals surface area contributed by atoms with Crippen LogP contribution in [0.1, 0.15) is 17.8 Å². The van der Waals surface area contributed by atoms with Gasteiger partial charge < -0.3 is 10.2 Å². The highest BCUT2D eigenvalue weighted by molar-refractivity contribution is 5.44. The molecule has 0 amide bonds. The van der Waals surface area contributed by atoms with E-state index >= 15 is 0 Å². The molecule has 8 heteroatoms. The van der Waals surface area contributed by atoms with Crippen molar-refractivity contribution in [1.82, 2.24) is 4.98 Å². The summed E-state index contributed by atoms with van der Waals surface area (Å²) in [7, 11) is 0. The fourth-order valence-electron chi connectivity index (χ4n) is 0.970. The van der Waals surface area contributed by atoms with Gasteiger partial charge in [0, 0.05) is 0 Å². The van der Waals surface area contributed by atoms with Gasteiger partial charge in [-0.3, -0.25) is 10.1 Å². The van der Waals surface area contributed by atoms with E-state index in [1.165, 1.54) is 0 Å². The molecule has 0 atom stereocenters. The Morgan fingerprint density at radius 2 is 2.20 bits per heavy atom. The number of halogens is 2. The lowest BCUT2D eigenvalue weighted by Crippen LogP contribution is -2.02. The van der Waals surface area contributed by atoms with Gasteiger partial charge in [-0.05, 0) is 0 Å². The van der Waals surface area contributed by atoms with Crippen LogP contribution in [0.3, 0.4) is 0 Å². The SMILES string of the molecule is O=[N+]([O-])c1cc(O)c(CO)nc1C(F)F. The van der Waals surface area contributed by atoms with E-state index in [9.17, 15) is 18.9 Å². The number of aliphatic hydroxyl groups excluding tert-OH is 1. The lowest BCUT2D eigenvalue weighted by atomic mass is 10.2. The van der Waals surface area contributed by atoms with E-state index in [4.69, 9.17) is 10.2 Å². The predicted molar refractivity (Wildman–Crippen MR) is 43.4 cm³/mol. The summed E-state index contributed by atoms with van der Waals surface area (Å²) >= 11 is 0. The minimum atomic E-state index is -3.14. The number of aromatic hydroxyl groups is 1. The van der Waals surface area contributed by atoms with Gasteiger partial charge in [0.15, 0.2) is 5.69 Å². The molecule has 0 radical (unpaired) electrons. The standard InChI is InChI=1S/C7H6F2N2O4/c8-7(9)6-4(11(14)15)1-5(13)3(2-12)10-6/h1,7,12-13H,2H2. The summed E-state index contributed by atoms with van der Waals surface area (Å²) in [5.41, 5.74) is -2.46. The Bertz CT molecular complexity index is 397. The van der Waals surface area contributed by atoms with Crippen molar-refractivity contribution in [2.75, 3.05) is 0 Å². The zero-order valence-electron chi connectivity index (χ0n) is 7.22. The van der Waals surface area contributed by atoms with Crippen LogP contribution in [0, 0.1) is 10.1 Å². The second-order valence-corrected chi connectivity index (χ2v) is 2.57. The maximum Gasteiger partial charge on any atom is 0.300 e. The molecule has 0 aliphatic carbocycles. The van der Waals surface area contributed by atoms with Crippen molar-refractivity contribution in [1.29, 1.82) is 0 Å². The van der Waals surface area contributed by atoms with Crippen LogP contribution in [-0.2, 0) is 6.61 Å². The number of pyridine rings is 1. The van der Waals surface area contributed by atoms with Crippen molar-refractivity contribution in [3.63, 3.8) is 0 Å². The molecule has 1 aromatic heterocycles. The molecule has 0 bridgehead atoms. The van der Waals surface area contributed by atoms with Crippen LogP contribution in [0.4, 0.5) is 14.5 Å². The lowest BCUT2D eigenvalue weighted by molar-refractivity contribution is -0.386. The first-order valence-electron chi connectivity index (χ1n) is 3.73. The number of aliphatic hydroxyl groups is 1. The molecule has 2 N–H and O–H groups in total. The van der Waals surface area contributed by atoms with E-state index in [2.05, 4.69) is 4.98 Å². The van der Waals surface area contributed by atoms with E-state index < -0.39 is 40.8 Å². The normalized spacial score (nSPS) is 10.7. The monoisotopic (exact) mass is 220 g/mol. The highest BCUT2D eigenvalue weighted by atomic mass is 19.3. The van der Waals surface area contributed by atoms with Crippen LogP contribution in [0.15, 0.2) is 6.07 Å². The molecule has 6 nitrogen and oxygen atoms in total. The largest absolute Gasteiger partial charge is 0.506 e. The fraction of sp³-hybridized carbons (Fsp3) is 0.286. The number of rotatable bonds is 3. The van der Waals surface area contributed by atoms with Gasteiger partial charge >= 0.3 is 0 Å². The predicted octanol–water partition coefficient (Wildman–Crippen LogP) is 1.13. The summed E-state index contributed by atoms with van der Waals surface area (Å²) in [6, 6.07) is 0.542. The highest BCUT2D eigenvalue weighted by Crippen LogP contribution is 2.31. The van der Waals surface area contributed by atoms with Crippen LogP contribution in [0.5, 0.6) is 5.75 Å². The zero-order valence-corrected chi connectivity index (χ0v) is 7.22.